The molecule has 2 aromatic rings. The highest BCUT2D eigenvalue weighted by molar-refractivity contribution is 5.38. The third-order valence-electron chi connectivity index (χ3n) is 2.60. The van der Waals surface area contributed by atoms with Crippen LogP contribution in [-0.4, -0.2) is 9.78 Å². The Balaban J connectivity index is 2.11. The minimum Gasteiger partial charge on any atom is -0.366 e. The van der Waals surface area contributed by atoms with Gasteiger partial charge in [0.05, 0.1) is 5.69 Å². The topological polar surface area (TPSA) is 29.9 Å². The third-order valence-corrected chi connectivity index (χ3v) is 2.60. The van der Waals surface area contributed by atoms with Crippen LogP contribution in [0.4, 0.5) is 14.6 Å². The number of anilines is 1. The lowest BCUT2D eigenvalue weighted by molar-refractivity contribution is 0.580. The maximum absolute atomic E-state index is 13.0. The quantitative estimate of drug-likeness (QED) is 0.904. The summed E-state index contributed by atoms with van der Waals surface area (Å²) in [5.74, 6) is -0.279. The van der Waals surface area contributed by atoms with E-state index in [1.54, 1.807) is 0 Å². The number of aryl methyl sites for hydroxylation is 2. The van der Waals surface area contributed by atoms with Crippen LogP contribution in [-0.2, 0) is 13.1 Å². The van der Waals surface area contributed by atoms with Gasteiger partial charge in [-0.1, -0.05) is 0 Å². The van der Waals surface area contributed by atoms with Crippen molar-refractivity contribution in [2.75, 3.05) is 5.32 Å². The molecule has 0 saturated heterocycles. The second-order valence-corrected chi connectivity index (χ2v) is 4.12. The fourth-order valence-electron chi connectivity index (χ4n) is 1.83. The number of nitrogens with one attached hydrogen (secondary N) is 1. The third kappa shape index (κ3) is 2.85. The molecular formula is C13H15F2N3. The summed E-state index contributed by atoms with van der Waals surface area (Å²) < 4.78 is 27.8. The first kappa shape index (κ1) is 12.5. The van der Waals surface area contributed by atoms with Gasteiger partial charge in [0, 0.05) is 25.2 Å². The fraction of sp³-hybridized carbons (Fsp3) is 0.308. The van der Waals surface area contributed by atoms with Gasteiger partial charge in [-0.2, -0.15) is 5.10 Å². The average molecular weight is 251 g/mol. The largest absolute Gasteiger partial charge is 0.366 e. The Morgan fingerprint density at radius 3 is 2.44 bits per heavy atom. The Labute approximate surface area is 104 Å². The summed E-state index contributed by atoms with van der Waals surface area (Å²) >= 11 is 0. The average Bonchev–Trinajstić information content (AvgIpc) is 2.66. The second kappa shape index (κ2) is 5.16. The van der Waals surface area contributed by atoms with Gasteiger partial charge in [-0.3, -0.25) is 0 Å². The number of hydrogen-bond donors (Lipinski definition) is 1. The molecule has 0 fully saturated rings. The van der Waals surface area contributed by atoms with Gasteiger partial charge in [0.2, 0.25) is 0 Å². The number of halogens is 2. The summed E-state index contributed by atoms with van der Waals surface area (Å²) in [6.07, 6.45) is 0. The molecule has 0 amide bonds. The molecule has 0 atom stereocenters. The Kier molecular flexibility index (Phi) is 3.60. The Morgan fingerprint density at radius 1 is 1.17 bits per heavy atom. The second-order valence-electron chi connectivity index (χ2n) is 4.12. The zero-order valence-corrected chi connectivity index (χ0v) is 10.4. The van der Waals surface area contributed by atoms with Crippen molar-refractivity contribution in [1.29, 1.82) is 0 Å². The minimum absolute atomic E-state index is 0.361. The molecule has 0 aliphatic carbocycles. The minimum atomic E-state index is -0.563. The highest BCUT2D eigenvalue weighted by Crippen LogP contribution is 2.13. The predicted molar refractivity (Wildman–Crippen MR) is 66.3 cm³/mol. The first-order valence-corrected chi connectivity index (χ1v) is 5.82. The van der Waals surface area contributed by atoms with Crippen molar-refractivity contribution in [1.82, 2.24) is 9.78 Å². The van der Waals surface area contributed by atoms with Gasteiger partial charge >= 0.3 is 0 Å². The number of nitrogens with zero attached hydrogens (tertiary/aromatic N) is 2. The monoisotopic (exact) mass is 251 g/mol. The first-order valence-electron chi connectivity index (χ1n) is 5.82. The van der Waals surface area contributed by atoms with E-state index < -0.39 is 11.6 Å². The van der Waals surface area contributed by atoms with Crippen LogP contribution in [0.2, 0.25) is 0 Å². The Morgan fingerprint density at radius 2 is 1.83 bits per heavy atom. The van der Waals surface area contributed by atoms with Crippen molar-refractivity contribution >= 4 is 5.82 Å². The molecule has 0 aliphatic rings. The van der Waals surface area contributed by atoms with Crippen LogP contribution in [0.1, 0.15) is 18.2 Å². The summed E-state index contributed by atoms with van der Waals surface area (Å²) in [7, 11) is 0. The summed E-state index contributed by atoms with van der Waals surface area (Å²) in [4.78, 5) is 0. The van der Waals surface area contributed by atoms with Crippen LogP contribution in [0, 0.1) is 18.6 Å². The van der Waals surface area contributed by atoms with Crippen molar-refractivity contribution in [3.63, 3.8) is 0 Å². The van der Waals surface area contributed by atoms with Gasteiger partial charge < -0.3 is 5.32 Å². The van der Waals surface area contributed by atoms with E-state index in [-0.39, 0.29) is 0 Å². The van der Waals surface area contributed by atoms with Gasteiger partial charge in [0.25, 0.3) is 0 Å². The Bertz CT molecular complexity index is 529. The lowest BCUT2D eigenvalue weighted by Crippen LogP contribution is -2.07. The smallest absolute Gasteiger partial charge is 0.126 e. The van der Waals surface area contributed by atoms with Crippen LogP contribution in [0.25, 0.3) is 0 Å². The highest BCUT2D eigenvalue weighted by atomic mass is 19.1. The lowest BCUT2D eigenvalue weighted by atomic mass is 10.2. The molecule has 5 heteroatoms. The van der Waals surface area contributed by atoms with E-state index in [9.17, 15) is 8.78 Å². The normalized spacial score (nSPS) is 10.7. The van der Waals surface area contributed by atoms with E-state index in [4.69, 9.17) is 0 Å². The molecule has 1 aromatic carbocycles. The predicted octanol–water partition coefficient (Wildman–Crippen LogP) is 3.10. The van der Waals surface area contributed by atoms with E-state index in [1.165, 1.54) is 12.1 Å². The van der Waals surface area contributed by atoms with E-state index in [0.717, 1.165) is 24.1 Å². The SMILES string of the molecule is CCn1nc(C)cc1NCc1cc(F)cc(F)c1. The van der Waals surface area contributed by atoms with Crippen LogP contribution in [0.3, 0.4) is 0 Å². The molecule has 0 aliphatic heterocycles. The molecule has 0 saturated carbocycles. The van der Waals surface area contributed by atoms with E-state index in [1.807, 2.05) is 24.6 Å². The fourth-order valence-corrected chi connectivity index (χ4v) is 1.83. The molecule has 1 heterocycles. The molecule has 1 aromatic heterocycles. The molecule has 0 radical (unpaired) electrons. The number of benzene rings is 1. The van der Waals surface area contributed by atoms with E-state index in [0.29, 0.717) is 12.1 Å². The molecule has 1 N–H and O–H groups in total. The standard InChI is InChI=1S/C13H15F2N3/c1-3-18-13(4-9(2)17-18)16-8-10-5-11(14)7-12(15)6-10/h4-7,16H,3,8H2,1-2H3. The van der Waals surface area contributed by atoms with Gasteiger partial charge in [-0.25, -0.2) is 13.5 Å². The van der Waals surface area contributed by atoms with E-state index in [2.05, 4.69) is 10.4 Å². The maximum Gasteiger partial charge on any atom is 0.126 e. The van der Waals surface area contributed by atoms with Crippen LogP contribution in [0.5, 0.6) is 0 Å². The summed E-state index contributed by atoms with van der Waals surface area (Å²) in [5, 5.41) is 7.41. The number of hydrogen-bond acceptors (Lipinski definition) is 2. The van der Waals surface area contributed by atoms with Gasteiger partial charge in [0.15, 0.2) is 0 Å². The van der Waals surface area contributed by atoms with Crippen molar-refractivity contribution in [3.05, 3.63) is 47.2 Å². The summed E-state index contributed by atoms with van der Waals surface area (Å²) in [5.41, 5.74) is 1.47. The van der Waals surface area contributed by atoms with Gasteiger partial charge in [0.1, 0.15) is 17.5 Å². The van der Waals surface area contributed by atoms with Gasteiger partial charge in [-0.05, 0) is 31.5 Å². The Hall–Kier alpha value is -1.91. The van der Waals surface area contributed by atoms with Crippen LogP contribution in [0.15, 0.2) is 24.3 Å². The molecule has 2 rings (SSSR count). The summed E-state index contributed by atoms with van der Waals surface area (Å²) in [6.45, 7) is 4.99. The molecule has 0 spiro atoms. The molecule has 18 heavy (non-hydrogen) atoms. The molecule has 0 bridgehead atoms. The highest BCUT2D eigenvalue weighted by Gasteiger charge is 2.05. The van der Waals surface area contributed by atoms with Gasteiger partial charge in [-0.15, -0.1) is 0 Å². The molecule has 96 valence electrons. The van der Waals surface area contributed by atoms with E-state index >= 15 is 0 Å². The van der Waals surface area contributed by atoms with Crippen LogP contribution < -0.4 is 5.32 Å². The maximum atomic E-state index is 13.0. The zero-order chi connectivity index (χ0) is 13.1. The van der Waals surface area contributed by atoms with Crippen molar-refractivity contribution in [2.45, 2.75) is 26.9 Å². The van der Waals surface area contributed by atoms with Crippen molar-refractivity contribution < 1.29 is 8.78 Å². The molecular weight excluding hydrogens is 236 g/mol. The van der Waals surface area contributed by atoms with Crippen molar-refractivity contribution in [3.8, 4) is 0 Å². The van der Waals surface area contributed by atoms with Crippen molar-refractivity contribution in [2.24, 2.45) is 0 Å². The first-order chi connectivity index (χ1) is 8.58. The number of aromatic nitrogens is 2. The molecule has 0 unspecified atom stereocenters. The lowest BCUT2D eigenvalue weighted by Gasteiger charge is -2.08. The molecule has 3 nitrogen and oxygen atoms in total. The number of rotatable bonds is 4. The van der Waals surface area contributed by atoms with Crippen LogP contribution >= 0.6 is 0 Å². The zero-order valence-electron chi connectivity index (χ0n) is 10.4. The summed E-state index contributed by atoms with van der Waals surface area (Å²) in [6, 6.07) is 5.40.